The third-order valence-corrected chi connectivity index (χ3v) is 8.75. The predicted octanol–water partition coefficient (Wildman–Crippen LogP) is 5.57. The minimum absolute atomic E-state index is 0.0563. The first-order chi connectivity index (χ1) is 18.5. The number of aliphatic hydroxyl groups is 1. The van der Waals surface area contributed by atoms with Gasteiger partial charge in [0.1, 0.15) is 5.82 Å². The van der Waals surface area contributed by atoms with E-state index in [0.29, 0.717) is 23.1 Å². The molecule has 0 aromatic heterocycles. The molecule has 2 aromatic carbocycles. The SMILES string of the molecule is CCS(=O)(=O)N1CC=C(c2ccc(C3CC(C(O)(C(F)(F)F)C(F)(F)F)=NN3c3ccc(F)cc3F)cc2)CC1. The first-order valence-electron chi connectivity index (χ1n) is 11.9. The molecule has 0 spiro atoms. The largest absolute Gasteiger partial charge is 0.431 e. The van der Waals surface area contributed by atoms with E-state index in [0.717, 1.165) is 17.7 Å². The van der Waals surface area contributed by atoms with Gasteiger partial charge in [-0.1, -0.05) is 30.3 Å². The molecular formula is C25H23F8N3O3S. The summed E-state index contributed by atoms with van der Waals surface area (Å²) in [6.07, 6.45) is -11.4. The molecule has 0 aliphatic carbocycles. The van der Waals surface area contributed by atoms with Crippen molar-refractivity contribution in [2.24, 2.45) is 5.10 Å². The lowest BCUT2D eigenvalue weighted by atomic mass is 9.89. The van der Waals surface area contributed by atoms with E-state index < -0.39 is 63.5 Å². The summed E-state index contributed by atoms with van der Waals surface area (Å²) in [5.41, 5.74) is -6.03. The van der Waals surface area contributed by atoms with Gasteiger partial charge in [0.15, 0.2) is 5.82 Å². The molecular weight excluding hydrogens is 574 g/mol. The molecule has 2 aliphatic heterocycles. The second-order valence-corrected chi connectivity index (χ2v) is 11.5. The summed E-state index contributed by atoms with van der Waals surface area (Å²) in [6, 6.07) is 6.48. The van der Waals surface area contributed by atoms with Gasteiger partial charge in [-0.3, -0.25) is 5.01 Å². The Labute approximate surface area is 224 Å². The van der Waals surface area contributed by atoms with E-state index in [9.17, 15) is 48.6 Å². The second-order valence-electron chi connectivity index (χ2n) is 9.27. The fourth-order valence-corrected chi connectivity index (χ4v) is 5.67. The minimum Gasteiger partial charge on any atom is -0.369 e. The molecule has 0 bridgehead atoms. The van der Waals surface area contributed by atoms with E-state index in [1.54, 1.807) is 18.2 Å². The quantitative estimate of drug-likeness (QED) is 0.443. The van der Waals surface area contributed by atoms with Crippen LogP contribution in [0.2, 0.25) is 0 Å². The molecule has 40 heavy (non-hydrogen) atoms. The average Bonchev–Trinajstić information content (AvgIpc) is 3.32. The number of rotatable bonds is 6. The Morgan fingerprint density at radius 1 is 1.00 bits per heavy atom. The zero-order valence-electron chi connectivity index (χ0n) is 20.8. The van der Waals surface area contributed by atoms with E-state index in [1.807, 2.05) is 0 Å². The van der Waals surface area contributed by atoms with Gasteiger partial charge in [-0.15, -0.1) is 0 Å². The van der Waals surface area contributed by atoms with Crippen LogP contribution in [0.4, 0.5) is 40.8 Å². The molecule has 15 heteroatoms. The maximum absolute atomic E-state index is 14.6. The summed E-state index contributed by atoms with van der Waals surface area (Å²) >= 11 is 0. The van der Waals surface area contributed by atoms with E-state index >= 15 is 0 Å². The van der Waals surface area contributed by atoms with Crippen LogP contribution in [-0.4, -0.2) is 60.3 Å². The fraction of sp³-hybridized carbons (Fsp3) is 0.400. The third kappa shape index (κ3) is 5.33. The molecule has 0 radical (unpaired) electrons. The fourth-order valence-electron chi connectivity index (χ4n) is 4.63. The van der Waals surface area contributed by atoms with Crippen molar-refractivity contribution in [1.29, 1.82) is 0 Å². The van der Waals surface area contributed by atoms with Crippen LogP contribution in [-0.2, 0) is 10.0 Å². The zero-order valence-corrected chi connectivity index (χ0v) is 21.6. The Morgan fingerprint density at radius 3 is 2.12 bits per heavy atom. The van der Waals surface area contributed by atoms with E-state index in [2.05, 4.69) is 5.10 Å². The highest BCUT2D eigenvalue weighted by molar-refractivity contribution is 7.89. The van der Waals surface area contributed by atoms with Crippen molar-refractivity contribution in [3.8, 4) is 0 Å². The van der Waals surface area contributed by atoms with Crippen LogP contribution in [0.5, 0.6) is 0 Å². The van der Waals surface area contributed by atoms with Crippen LogP contribution in [0.3, 0.4) is 0 Å². The highest BCUT2D eigenvalue weighted by atomic mass is 32.2. The van der Waals surface area contributed by atoms with Gasteiger partial charge in [0.25, 0.3) is 5.60 Å². The molecule has 2 aromatic rings. The van der Waals surface area contributed by atoms with Crippen molar-refractivity contribution in [3.05, 3.63) is 71.3 Å². The molecule has 0 saturated heterocycles. The van der Waals surface area contributed by atoms with Gasteiger partial charge in [0, 0.05) is 25.6 Å². The molecule has 4 rings (SSSR count). The molecule has 0 fully saturated rings. The van der Waals surface area contributed by atoms with Crippen LogP contribution in [0.25, 0.3) is 5.57 Å². The number of nitrogens with zero attached hydrogens (tertiary/aromatic N) is 3. The number of hydrazone groups is 1. The summed E-state index contributed by atoms with van der Waals surface area (Å²) in [4.78, 5) is 0. The summed E-state index contributed by atoms with van der Waals surface area (Å²) in [7, 11) is -3.39. The number of benzene rings is 2. The van der Waals surface area contributed by atoms with E-state index in [-0.39, 0.29) is 24.4 Å². The van der Waals surface area contributed by atoms with E-state index in [4.69, 9.17) is 0 Å². The van der Waals surface area contributed by atoms with Crippen LogP contribution in [0.1, 0.15) is 36.9 Å². The number of hydrogen-bond acceptors (Lipinski definition) is 5. The van der Waals surface area contributed by atoms with Crippen molar-refractivity contribution in [2.45, 2.75) is 43.8 Å². The van der Waals surface area contributed by atoms with Crippen LogP contribution < -0.4 is 5.01 Å². The second kappa shape index (κ2) is 10.4. The summed E-state index contributed by atoms with van der Waals surface area (Å²) in [6.45, 7) is 1.89. The van der Waals surface area contributed by atoms with Gasteiger partial charge in [-0.25, -0.2) is 17.2 Å². The van der Waals surface area contributed by atoms with Gasteiger partial charge in [-0.05, 0) is 42.2 Å². The van der Waals surface area contributed by atoms with Crippen molar-refractivity contribution in [3.63, 3.8) is 0 Å². The Bertz CT molecular complexity index is 1420. The summed E-state index contributed by atoms with van der Waals surface area (Å²) in [5.74, 6) is -2.37. The Hall–Kier alpha value is -3.04. The highest BCUT2D eigenvalue weighted by Gasteiger charge is 2.74. The lowest BCUT2D eigenvalue weighted by molar-refractivity contribution is -0.338. The molecule has 2 heterocycles. The molecule has 6 nitrogen and oxygen atoms in total. The van der Waals surface area contributed by atoms with Crippen LogP contribution in [0.15, 0.2) is 53.6 Å². The summed E-state index contributed by atoms with van der Waals surface area (Å²) in [5, 5.41) is 13.9. The van der Waals surface area contributed by atoms with Crippen molar-refractivity contribution in [2.75, 3.05) is 23.9 Å². The molecule has 0 amide bonds. The monoisotopic (exact) mass is 597 g/mol. The Balaban J connectivity index is 1.70. The average molecular weight is 598 g/mol. The number of alkyl halides is 6. The third-order valence-electron chi connectivity index (χ3n) is 6.90. The zero-order chi connectivity index (χ0) is 29.7. The van der Waals surface area contributed by atoms with Crippen LogP contribution >= 0.6 is 0 Å². The minimum atomic E-state index is -6.19. The van der Waals surface area contributed by atoms with Gasteiger partial charge in [0.05, 0.1) is 23.2 Å². The lowest BCUT2D eigenvalue weighted by Crippen LogP contribution is -2.62. The first-order valence-corrected chi connectivity index (χ1v) is 13.6. The van der Waals surface area contributed by atoms with E-state index in [1.165, 1.54) is 23.4 Å². The standard InChI is InChI=1S/C25H23F8N3O3S/c1-2-40(38,39)35-11-9-16(10-12-35)15-3-5-17(6-4-15)21-14-22(23(37,24(28,29)30)25(31,32)33)34-36(21)20-8-7-18(26)13-19(20)27/h3-9,13,21,37H,2,10-12,14H2,1H3. The normalized spacial score (nSPS) is 19.6. The van der Waals surface area contributed by atoms with Gasteiger partial charge >= 0.3 is 12.4 Å². The molecule has 1 N–H and O–H groups in total. The molecule has 218 valence electrons. The number of sulfonamides is 1. The van der Waals surface area contributed by atoms with Gasteiger partial charge in [0.2, 0.25) is 10.0 Å². The first kappa shape index (κ1) is 29.9. The molecule has 1 atom stereocenters. The number of anilines is 1. The smallest absolute Gasteiger partial charge is 0.369 e. The van der Waals surface area contributed by atoms with Crippen LogP contribution in [0, 0.1) is 11.6 Å². The van der Waals surface area contributed by atoms with Crippen molar-refractivity contribution < 1.29 is 48.6 Å². The predicted molar refractivity (Wildman–Crippen MR) is 131 cm³/mol. The van der Waals surface area contributed by atoms with Gasteiger partial charge < -0.3 is 5.11 Å². The molecule has 0 saturated carbocycles. The molecule has 1 unspecified atom stereocenters. The van der Waals surface area contributed by atoms with Gasteiger partial charge in [-0.2, -0.15) is 35.7 Å². The maximum atomic E-state index is 14.6. The Morgan fingerprint density at radius 2 is 1.62 bits per heavy atom. The summed E-state index contributed by atoms with van der Waals surface area (Å²) < 4.78 is 135. The topological polar surface area (TPSA) is 73.2 Å². The maximum Gasteiger partial charge on any atom is 0.431 e. The highest BCUT2D eigenvalue weighted by Crippen LogP contribution is 2.49. The van der Waals surface area contributed by atoms with Crippen molar-refractivity contribution in [1.82, 2.24) is 4.31 Å². The molecule has 2 aliphatic rings. The number of halogens is 8. The number of hydrogen-bond donors (Lipinski definition) is 1. The van der Waals surface area contributed by atoms with Crippen molar-refractivity contribution >= 4 is 27.0 Å². The Kier molecular flexibility index (Phi) is 7.79. The lowest BCUT2D eigenvalue weighted by Gasteiger charge is -2.32.